The van der Waals surface area contributed by atoms with Crippen molar-refractivity contribution in [1.82, 2.24) is 10.2 Å². The molecule has 0 aliphatic carbocycles. The van der Waals surface area contributed by atoms with Gasteiger partial charge in [0.25, 0.3) is 0 Å². The molecule has 1 aliphatic heterocycles. The lowest BCUT2D eigenvalue weighted by Gasteiger charge is -2.34. The van der Waals surface area contributed by atoms with E-state index < -0.39 is 11.5 Å². The van der Waals surface area contributed by atoms with E-state index in [1.807, 2.05) is 37.3 Å². The number of hydrogen-bond acceptors (Lipinski definition) is 3. The van der Waals surface area contributed by atoms with E-state index in [0.29, 0.717) is 38.8 Å². The van der Waals surface area contributed by atoms with Gasteiger partial charge in [-0.2, -0.15) is 0 Å². The maximum Gasteiger partial charge on any atom is 0.329 e. The molecule has 0 saturated carbocycles. The molecule has 0 radical (unpaired) electrons. The quantitative estimate of drug-likeness (QED) is 0.781. The van der Waals surface area contributed by atoms with Crippen molar-refractivity contribution in [3.63, 3.8) is 0 Å². The summed E-state index contributed by atoms with van der Waals surface area (Å²) in [6.07, 6.45) is 2.77. The fourth-order valence-electron chi connectivity index (χ4n) is 3.40. The summed E-state index contributed by atoms with van der Waals surface area (Å²) in [4.78, 5) is 38.4. The van der Waals surface area contributed by atoms with Crippen LogP contribution in [0.4, 0.5) is 0 Å². The average molecular weight is 360 g/mol. The largest absolute Gasteiger partial charge is 0.480 e. The molecule has 1 fully saturated rings. The molecule has 0 bridgehead atoms. The normalized spacial score (nSPS) is 19.5. The molecule has 2 unspecified atom stereocenters. The molecule has 2 atom stereocenters. The highest BCUT2D eigenvalue weighted by Crippen LogP contribution is 2.20. The Labute approximate surface area is 154 Å². The molecule has 1 aliphatic rings. The van der Waals surface area contributed by atoms with E-state index in [-0.39, 0.29) is 17.7 Å². The number of piperidine rings is 1. The third-order valence-corrected chi connectivity index (χ3v) is 4.96. The van der Waals surface area contributed by atoms with Gasteiger partial charge in [-0.1, -0.05) is 43.7 Å². The molecular weight excluding hydrogens is 332 g/mol. The molecule has 1 aromatic carbocycles. The summed E-state index contributed by atoms with van der Waals surface area (Å²) in [6, 6.07) is 9.53. The lowest BCUT2D eigenvalue weighted by molar-refractivity contribution is -0.148. The van der Waals surface area contributed by atoms with Crippen LogP contribution >= 0.6 is 0 Å². The second-order valence-corrected chi connectivity index (χ2v) is 7.22. The van der Waals surface area contributed by atoms with Gasteiger partial charge in [0.15, 0.2) is 0 Å². The molecule has 0 spiro atoms. The molecule has 0 aromatic heterocycles. The fourth-order valence-corrected chi connectivity index (χ4v) is 3.40. The van der Waals surface area contributed by atoms with Crippen molar-refractivity contribution >= 4 is 17.8 Å². The van der Waals surface area contributed by atoms with Gasteiger partial charge in [0, 0.05) is 13.1 Å². The first-order valence-electron chi connectivity index (χ1n) is 9.23. The van der Waals surface area contributed by atoms with Crippen LogP contribution in [0.5, 0.6) is 0 Å². The highest BCUT2D eigenvalue weighted by Gasteiger charge is 2.37. The second-order valence-electron chi connectivity index (χ2n) is 7.22. The number of benzene rings is 1. The van der Waals surface area contributed by atoms with Crippen molar-refractivity contribution in [2.24, 2.45) is 5.92 Å². The zero-order chi connectivity index (χ0) is 19.2. The van der Waals surface area contributed by atoms with Gasteiger partial charge >= 0.3 is 5.97 Å². The Hall–Kier alpha value is -2.37. The molecule has 1 aromatic rings. The highest BCUT2D eigenvalue weighted by atomic mass is 16.4. The van der Waals surface area contributed by atoms with Gasteiger partial charge in [0.2, 0.25) is 11.8 Å². The molecule has 6 heteroatoms. The van der Waals surface area contributed by atoms with E-state index in [9.17, 15) is 19.5 Å². The van der Waals surface area contributed by atoms with Crippen molar-refractivity contribution in [3.8, 4) is 0 Å². The van der Waals surface area contributed by atoms with Gasteiger partial charge in [-0.05, 0) is 31.7 Å². The summed E-state index contributed by atoms with van der Waals surface area (Å²) in [5.74, 6) is -1.66. The van der Waals surface area contributed by atoms with E-state index in [0.717, 1.165) is 12.0 Å². The number of carbonyl (C=O) groups excluding carboxylic acids is 2. The number of carboxylic acids is 1. The molecule has 2 N–H and O–H groups in total. The zero-order valence-corrected chi connectivity index (χ0v) is 15.5. The summed E-state index contributed by atoms with van der Waals surface area (Å²) in [7, 11) is 0. The first-order valence-corrected chi connectivity index (χ1v) is 9.23. The van der Waals surface area contributed by atoms with Gasteiger partial charge < -0.3 is 15.3 Å². The van der Waals surface area contributed by atoms with Gasteiger partial charge in [0.05, 0.1) is 12.3 Å². The molecule has 1 saturated heterocycles. The standard InChI is InChI=1S/C20H28N2O4/c1-3-11-20(2,19(25)26)21-18(24)16-10-7-12-22(14-16)17(23)13-15-8-5-4-6-9-15/h4-6,8-9,16H,3,7,10-14H2,1-2H3,(H,21,24)(H,25,26). The number of hydrogen-bond donors (Lipinski definition) is 2. The predicted octanol–water partition coefficient (Wildman–Crippen LogP) is 2.23. The van der Waals surface area contributed by atoms with Crippen LogP contribution in [0, 0.1) is 5.92 Å². The van der Waals surface area contributed by atoms with E-state index in [1.165, 1.54) is 6.92 Å². The maximum atomic E-state index is 12.6. The van der Waals surface area contributed by atoms with Crippen LogP contribution in [-0.4, -0.2) is 46.4 Å². The number of carboxylic acid groups (broad SMARTS) is 1. The number of aliphatic carboxylic acids is 1. The number of nitrogens with zero attached hydrogens (tertiary/aromatic N) is 1. The molecule has 2 rings (SSSR count). The minimum Gasteiger partial charge on any atom is -0.480 e. The molecule has 142 valence electrons. The Morgan fingerprint density at radius 2 is 1.96 bits per heavy atom. The third-order valence-electron chi connectivity index (χ3n) is 4.96. The van der Waals surface area contributed by atoms with Crippen LogP contribution in [0.1, 0.15) is 45.1 Å². The molecule has 6 nitrogen and oxygen atoms in total. The van der Waals surface area contributed by atoms with Crippen LogP contribution in [0.2, 0.25) is 0 Å². The number of carbonyl (C=O) groups is 3. The SMILES string of the molecule is CCCC(C)(NC(=O)C1CCCN(C(=O)Cc2ccccc2)C1)C(=O)O. The summed E-state index contributed by atoms with van der Waals surface area (Å²) < 4.78 is 0. The van der Waals surface area contributed by atoms with Crippen LogP contribution < -0.4 is 5.32 Å². The number of rotatable bonds is 7. The summed E-state index contributed by atoms with van der Waals surface area (Å²) in [5, 5.41) is 12.1. The van der Waals surface area contributed by atoms with E-state index in [1.54, 1.807) is 4.90 Å². The third kappa shape index (κ3) is 5.07. The lowest BCUT2D eigenvalue weighted by Crippen LogP contribution is -2.56. The van der Waals surface area contributed by atoms with Crippen LogP contribution in [0.3, 0.4) is 0 Å². The van der Waals surface area contributed by atoms with Crippen LogP contribution in [0.25, 0.3) is 0 Å². The smallest absolute Gasteiger partial charge is 0.329 e. The monoisotopic (exact) mass is 360 g/mol. The Bertz CT molecular complexity index is 646. The van der Waals surface area contributed by atoms with E-state index >= 15 is 0 Å². The van der Waals surface area contributed by atoms with Crippen molar-refractivity contribution in [2.45, 2.75) is 51.5 Å². The first-order chi connectivity index (χ1) is 12.4. The fraction of sp³-hybridized carbons (Fsp3) is 0.550. The molecule has 1 heterocycles. The minimum absolute atomic E-state index is 0.00301. The number of likely N-dealkylation sites (tertiary alicyclic amines) is 1. The average Bonchev–Trinajstić information content (AvgIpc) is 2.62. The minimum atomic E-state index is -1.26. The van der Waals surface area contributed by atoms with Crippen LogP contribution in [-0.2, 0) is 20.8 Å². The summed E-state index contributed by atoms with van der Waals surface area (Å²) in [5.41, 5.74) is -0.312. The van der Waals surface area contributed by atoms with E-state index in [2.05, 4.69) is 5.32 Å². The van der Waals surface area contributed by atoms with Crippen molar-refractivity contribution < 1.29 is 19.5 Å². The Morgan fingerprint density at radius 1 is 1.27 bits per heavy atom. The topological polar surface area (TPSA) is 86.7 Å². The predicted molar refractivity (Wildman–Crippen MR) is 98.5 cm³/mol. The summed E-state index contributed by atoms with van der Waals surface area (Å²) >= 11 is 0. The molecule has 2 amide bonds. The number of amides is 2. The van der Waals surface area contributed by atoms with Gasteiger partial charge in [-0.3, -0.25) is 9.59 Å². The van der Waals surface area contributed by atoms with Gasteiger partial charge in [0.1, 0.15) is 5.54 Å². The Kier molecular flexibility index (Phi) is 6.77. The second kappa shape index (κ2) is 8.83. The highest BCUT2D eigenvalue weighted by molar-refractivity contribution is 5.88. The van der Waals surface area contributed by atoms with Crippen LogP contribution in [0.15, 0.2) is 30.3 Å². The van der Waals surface area contributed by atoms with Gasteiger partial charge in [-0.15, -0.1) is 0 Å². The molecular formula is C20H28N2O4. The first kappa shape index (κ1) is 19.9. The van der Waals surface area contributed by atoms with Crippen molar-refractivity contribution in [3.05, 3.63) is 35.9 Å². The Morgan fingerprint density at radius 3 is 2.58 bits per heavy atom. The van der Waals surface area contributed by atoms with Crippen molar-refractivity contribution in [2.75, 3.05) is 13.1 Å². The van der Waals surface area contributed by atoms with Gasteiger partial charge in [-0.25, -0.2) is 4.79 Å². The zero-order valence-electron chi connectivity index (χ0n) is 15.5. The lowest BCUT2D eigenvalue weighted by atomic mass is 9.92. The van der Waals surface area contributed by atoms with E-state index in [4.69, 9.17) is 0 Å². The molecule has 26 heavy (non-hydrogen) atoms. The number of nitrogens with one attached hydrogen (secondary N) is 1. The Balaban J connectivity index is 1.97. The maximum absolute atomic E-state index is 12.6. The summed E-state index contributed by atoms with van der Waals surface area (Å²) in [6.45, 7) is 4.41. The van der Waals surface area contributed by atoms with Crippen molar-refractivity contribution in [1.29, 1.82) is 0 Å².